The SMILES string of the molecule is Cc1cccc(OCCN2CCCCC2)c1F. The minimum Gasteiger partial charge on any atom is -0.489 e. The van der Waals surface area contributed by atoms with E-state index >= 15 is 0 Å². The minimum absolute atomic E-state index is 0.230. The lowest BCUT2D eigenvalue weighted by molar-refractivity contribution is 0.180. The Morgan fingerprint density at radius 2 is 2.00 bits per heavy atom. The van der Waals surface area contributed by atoms with E-state index in [4.69, 9.17) is 4.74 Å². The molecule has 0 aliphatic carbocycles. The molecule has 1 aromatic rings. The first-order valence-corrected chi connectivity index (χ1v) is 6.37. The van der Waals surface area contributed by atoms with Crippen LogP contribution in [-0.4, -0.2) is 31.1 Å². The molecule has 0 atom stereocenters. The van der Waals surface area contributed by atoms with E-state index in [1.807, 2.05) is 6.07 Å². The van der Waals surface area contributed by atoms with E-state index < -0.39 is 0 Å². The van der Waals surface area contributed by atoms with Crippen LogP contribution in [-0.2, 0) is 0 Å². The second kappa shape index (κ2) is 6.01. The second-order valence-corrected chi connectivity index (χ2v) is 4.64. The Hall–Kier alpha value is -1.09. The first kappa shape index (κ1) is 12.4. The van der Waals surface area contributed by atoms with E-state index in [1.54, 1.807) is 19.1 Å². The molecule has 0 spiro atoms. The molecule has 0 radical (unpaired) electrons. The molecule has 3 heteroatoms. The van der Waals surface area contributed by atoms with Gasteiger partial charge in [-0.25, -0.2) is 4.39 Å². The number of nitrogens with zero attached hydrogens (tertiary/aromatic N) is 1. The van der Waals surface area contributed by atoms with E-state index in [9.17, 15) is 4.39 Å². The van der Waals surface area contributed by atoms with Gasteiger partial charge in [-0.15, -0.1) is 0 Å². The highest BCUT2D eigenvalue weighted by atomic mass is 19.1. The third kappa shape index (κ3) is 3.43. The average molecular weight is 237 g/mol. The number of hydrogen-bond donors (Lipinski definition) is 0. The van der Waals surface area contributed by atoms with Crippen LogP contribution in [0.1, 0.15) is 24.8 Å². The Labute approximate surface area is 102 Å². The summed E-state index contributed by atoms with van der Waals surface area (Å²) in [7, 11) is 0. The van der Waals surface area contributed by atoms with Crippen molar-refractivity contribution in [2.24, 2.45) is 0 Å². The minimum atomic E-state index is -0.230. The summed E-state index contributed by atoms with van der Waals surface area (Å²) in [6.07, 6.45) is 3.89. The summed E-state index contributed by atoms with van der Waals surface area (Å²) in [5.41, 5.74) is 0.639. The molecule has 0 unspecified atom stereocenters. The van der Waals surface area contributed by atoms with Crippen LogP contribution in [0.3, 0.4) is 0 Å². The van der Waals surface area contributed by atoms with Gasteiger partial charge in [-0.1, -0.05) is 18.6 Å². The molecular formula is C14H20FNO. The van der Waals surface area contributed by atoms with Gasteiger partial charge in [0.15, 0.2) is 11.6 Å². The van der Waals surface area contributed by atoms with E-state index in [0.717, 1.165) is 19.6 Å². The smallest absolute Gasteiger partial charge is 0.167 e. The Morgan fingerprint density at radius 3 is 2.76 bits per heavy atom. The Bertz CT molecular complexity index is 361. The number of aryl methyl sites for hydroxylation is 1. The van der Waals surface area contributed by atoms with Gasteiger partial charge in [0.1, 0.15) is 6.61 Å². The van der Waals surface area contributed by atoms with Crippen molar-refractivity contribution in [3.63, 3.8) is 0 Å². The fourth-order valence-corrected chi connectivity index (χ4v) is 2.20. The van der Waals surface area contributed by atoms with Crippen LogP contribution in [0.5, 0.6) is 5.75 Å². The molecule has 2 rings (SSSR count). The maximum absolute atomic E-state index is 13.6. The van der Waals surface area contributed by atoms with Crippen molar-refractivity contribution in [1.29, 1.82) is 0 Å². The van der Waals surface area contributed by atoms with Gasteiger partial charge in [-0.3, -0.25) is 4.90 Å². The summed E-state index contributed by atoms with van der Waals surface area (Å²) in [6.45, 7) is 5.53. The quantitative estimate of drug-likeness (QED) is 0.798. The van der Waals surface area contributed by atoms with Crippen LogP contribution in [0.2, 0.25) is 0 Å². The van der Waals surface area contributed by atoms with Crippen LogP contribution < -0.4 is 4.74 Å². The van der Waals surface area contributed by atoms with Gasteiger partial charge in [-0.2, -0.15) is 0 Å². The Morgan fingerprint density at radius 1 is 1.24 bits per heavy atom. The molecule has 0 N–H and O–H groups in total. The predicted molar refractivity (Wildman–Crippen MR) is 66.9 cm³/mol. The largest absolute Gasteiger partial charge is 0.489 e. The number of halogens is 1. The predicted octanol–water partition coefficient (Wildman–Crippen LogP) is 3.00. The lowest BCUT2D eigenvalue weighted by Crippen LogP contribution is -2.33. The van der Waals surface area contributed by atoms with E-state index in [0.29, 0.717) is 17.9 Å². The van der Waals surface area contributed by atoms with E-state index in [2.05, 4.69) is 4.90 Å². The molecule has 0 amide bonds. The lowest BCUT2D eigenvalue weighted by Gasteiger charge is -2.26. The lowest BCUT2D eigenvalue weighted by atomic mass is 10.1. The van der Waals surface area contributed by atoms with Gasteiger partial charge in [0.25, 0.3) is 0 Å². The maximum atomic E-state index is 13.6. The highest BCUT2D eigenvalue weighted by Gasteiger charge is 2.10. The first-order chi connectivity index (χ1) is 8.27. The topological polar surface area (TPSA) is 12.5 Å². The molecule has 1 fully saturated rings. The van der Waals surface area contributed by atoms with Crippen molar-refractivity contribution in [2.75, 3.05) is 26.2 Å². The molecule has 0 aromatic heterocycles. The van der Waals surface area contributed by atoms with Crippen LogP contribution >= 0.6 is 0 Å². The van der Waals surface area contributed by atoms with Gasteiger partial charge < -0.3 is 4.74 Å². The summed E-state index contributed by atoms with van der Waals surface area (Å²) in [5.74, 6) is 0.146. The zero-order valence-corrected chi connectivity index (χ0v) is 10.4. The summed E-state index contributed by atoms with van der Waals surface area (Å²) in [4.78, 5) is 2.39. The molecule has 1 aliphatic heterocycles. The number of likely N-dealkylation sites (tertiary alicyclic amines) is 1. The summed E-state index contributed by atoms with van der Waals surface area (Å²) in [6, 6.07) is 5.28. The first-order valence-electron chi connectivity index (χ1n) is 6.37. The second-order valence-electron chi connectivity index (χ2n) is 4.64. The zero-order chi connectivity index (χ0) is 12.1. The number of rotatable bonds is 4. The molecule has 1 saturated heterocycles. The summed E-state index contributed by atoms with van der Waals surface area (Å²) >= 11 is 0. The fraction of sp³-hybridized carbons (Fsp3) is 0.571. The van der Waals surface area contributed by atoms with Gasteiger partial charge >= 0.3 is 0 Å². The zero-order valence-electron chi connectivity index (χ0n) is 10.4. The number of ether oxygens (including phenoxy) is 1. The third-order valence-corrected chi connectivity index (χ3v) is 3.27. The molecule has 1 aromatic carbocycles. The van der Waals surface area contributed by atoms with E-state index in [1.165, 1.54) is 19.3 Å². The Balaban J connectivity index is 1.79. The third-order valence-electron chi connectivity index (χ3n) is 3.27. The number of benzene rings is 1. The van der Waals surface area contributed by atoms with Crippen LogP contribution in [0.4, 0.5) is 4.39 Å². The van der Waals surface area contributed by atoms with E-state index in [-0.39, 0.29) is 5.82 Å². The van der Waals surface area contributed by atoms with Gasteiger partial charge in [0.2, 0.25) is 0 Å². The van der Waals surface area contributed by atoms with Crippen molar-refractivity contribution in [2.45, 2.75) is 26.2 Å². The fourth-order valence-electron chi connectivity index (χ4n) is 2.20. The highest BCUT2D eigenvalue weighted by Crippen LogP contribution is 2.19. The molecule has 1 heterocycles. The van der Waals surface area contributed by atoms with Crippen LogP contribution in [0.15, 0.2) is 18.2 Å². The number of piperidine rings is 1. The van der Waals surface area contributed by atoms with Crippen molar-refractivity contribution >= 4 is 0 Å². The monoisotopic (exact) mass is 237 g/mol. The molecule has 17 heavy (non-hydrogen) atoms. The summed E-state index contributed by atoms with van der Waals surface area (Å²) in [5, 5.41) is 0. The van der Waals surface area contributed by atoms with Gasteiger partial charge in [0, 0.05) is 6.54 Å². The summed E-state index contributed by atoms with van der Waals surface area (Å²) < 4.78 is 19.1. The van der Waals surface area contributed by atoms with Crippen molar-refractivity contribution in [3.05, 3.63) is 29.6 Å². The highest BCUT2D eigenvalue weighted by molar-refractivity contribution is 5.29. The number of hydrogen-bond acceptors (Lipinski definition) is 2. The molecule has 2 nitrogen and oxygen atoms in total. The standard InChI is InChI=1S/C14H20FNO/c1-12-6-5-7-13(14(12)15)17-11-10-16-8-3-2-4-9-16/h5-7H,2-4,8-11H2,1H3. The van der Waals surface area contributed by atoms with Gasteiger partial charge in [0.05, 0.1) is 0 Å². The van der Waals surface area contributed by atoms with Gasteiger partial charge in [-0.05, 0) is 44.5 Å². The average Bonchev–Trinajstić information content (AvgIpc) is 2.36. The van der Waals surface area contributed by atoms with Crippen LogP contribution in [0, 0.1) is 12.7 Å². The maximum Gasteiger partial charge on any atom is 0.167 e. The normalized spacial score (nSPS) is 17.1. The van der Waals surface area contributed by atoms with Crippen molar-refractivity contribution in [3.8, 4) is 5.75 Å². The molecule has 0 saturated carbocycles. The van der Waals surface area contributed by atoms with Crippen LogP contribution in [0.25, 0.3) is 0 Å². The molecule has 0 bridgehead atoms. The molecular weight excluding hydrogens is 217 g/mol. The molecule has 94 valence electrons. The Kier molecular flexibility index (Phi) is 4.37. The van der Waals surface area contributed by atoms with Crippen molar-refractivity contribution < 1.29 is 9.13 Å². The molecule has 1 aliphatic rings. The van der Waals surface area contributed by atoms with Crippen molar-refractivity contribution in [1.82, 2.24) is 4.90 Å².